The van der Waals surface area contributed by atoms with Gasteiger partial charge in [-0.05, 0) is 56.2 Å². The molecule has 1 aromatic heterocycles. The minimum absolute atomic E-state index is 0.0838. The van der Waals surface area contributed by atoms with Gasteiger partial charge in [0.1, 0.15) is 23.5 Å². The number of piperidine rings is 1. The molecule has 0 atom stereocenters. The number of nitriles is 1. The summed E-state index contributed by atoms with van der Waals surface area (Å²) in [7, 11) is 1.75. The maximum absolute atomic E-state index is 14.6. The Bertz CT molecular complexity index is 1350. The second kappa shape index (κ2) is 9.45. The van der Waals surface area contributed by atoms with Crippen LogP contribution in [-0.4, -0.2) is 41.9 Å². The van der Waals surface area contributed by atoms with Crippen molar-refractivity contribution in [1.29, 1.82) is 10.7 Å². The molecule has 34 heavy (non-hydrogen) atoms. The molecule has 1 fully saturated rings. The fourth-order valence-corrected chi connectivity index (χ4v) is 4.23. The van der Waals surface area contributed by atoms with Gasteiger partial charge in [-0.1, -0.05) is 0 Å². The highest BCUT2D eigenvalue weighted by Crippen LogP contribution is 2.28. The Kier molecular flexibility index (Phi) is 6.43. The first-order valence-corrected chi connectivity index (χ1v) is 11.0. The number of nitrogens with one attached hydrogen (secondary N) is 2. The highest BCUT2D eigenvalue weighted by Gasteiger charge is 2.24. The number of nitrogens with zero attached hydrogens (tertiary/aromatic N) is 4. The van der Waals surface area contributed by atoms with E-state index in [0.717, 1.165) is 18.5 Å². The molecule has 0 radical (unpaired) electrons. The smallest absolute Gasteiger partial charge is 0.263 e. The van der Waals surface area contributed by atoms with Gasteiger partial charge in [0, 0.05) is 49.2 Å². The lowest BCUT2D eigenvalue weighted by Crippen LogP contribution is -2.41. The Morgan fingerprint density at radius 1 is 1.26 bits per heavy atom. The number of rotatable bonds is 5. The van der Waals surface area contributed by atoms with Crippen LogP contribution in [0, 0.1) is 29.5 Å². The summed E-state index contributed by atoms with van der Waals surface area (Å²) in [6.07, 6.45) is 2.78. The Morgan fingerprint density at radius 2 is 2.00 bits per heavy atom. The van der Waals surface area contributed by atoms with E-state index in [2.05, 4.69) is 5.32 Å². The first-order valence-electron chi connectivity index (χ1n) is 11.0. The van der Waals surface area contributed by atoms with E-state index in [1.165, 1.54) is 22.9 Å². The van der Waals surface area contributed by atoms with Crippen LogP contribution in [0.3, 0.4) is 0 Å². The maximum atomic E-state index is 14.6. The minimum Gasteiger partial charge on any atom is -0.388 e. The number of hydrogen-bond acceptors (Lipinski definition) is 7. The van der Waals surface area contributed by atoms with Gasteiger partial charge in [-0.25, -0.2) is 9.37 Å². The molecular weight excluding hydrogens is 433 g/mol. The average molecular weight is 460 g/mol. The second-order valence-corrected chi connectivity index (χ2v) is 8.32. The average Bonchev–Trinajstić information content (AvgIpc) is 2.85. The van der Waals surface area contributed by atoms with E-state index in [4.69, 9.17) is 21.4 Å². The van der Waals surface area contributed by atoms with Crippen molar-refractivity contribution >= 4 is 17.7 Å². The van der Waals surface area contributed by atoms with E-state index >= 15 is 0 Å². The van der Waals surface area contributed by atoms with Crippen molar-refractivity contribution in [3.8, 4) is 23.1 Å². The van der Waals surface area contributed by atoms with Crippen LogP contribution in [0.1, 0.15) is 29.5 Å². The third-order valence-electron chi connectivity index (χ3n) is 6.19. The van der Waals surface area contributed by atoms with Gasteiger partial charge in [0.05, 0.1) is 16.8 Å². The normalized spacial score (nSPS) is 14.0. The van der Waals surface area contributed by atoms with Crippen LogP contribution in [0.15, 0.2) is 41.2 Å². The van der Waals surface area contributed by atoms with Gasteiger partial charge in [0.25, 0.3) is 5.56 Å². The van der Waals surface area contributed by atoms with Gasteiger partial charge in [0.2, 0.25) is 0 Å². The quantitative estimate of drug-likeness (QED) is 0.504. The predicted molar refractivity (Wildman–Crippen MR) is 132 cm³/mol. The van der Waals surface area contributed by atoms with E-state index in [0.29, 0.717) is 41.3 Å². The molecule has 0 saturated carbocycles. The monoisotopic (exact) mass is 459 g/mol. The molecule has 1 saturated heterocycles. The molecule has 0 bridgehead atoms. The van der Waals surface area contributed by atoms with Crippen LogP contribution in [-0.2, 0) is 0 Å². The summed E-state index contributed by atoms with van der Waals surface area (Å²) in [6, 6.07) is 11.4. The molecule has 1 aliphatic rings. The standard InChI is InChI=1S/C25H26FN7O/c1-15-23(32-9-7-19(29)8-10-32)31-24(16-3-4-17(13-27)21(26)12-16)33(25(15)34)20-5-6-22(30-2)18(11-20)14-28/h3-6,11-12,14,19,28,30H,7-10,29H2,1-2H3. The number of hydrogen-bond donors (Lipinski definition) is 3. The predicted octanol–water partition coefficient (Wildman–Crippen LogP) is 3.19. The Labute approximate surface area is 197 Å². The van der Waals surface area contributed by atoms with Gasteiger partial charge in [-0.2, -0.15) is 5.26 Å². The lowest BCUT2D eigenvalue weighted by molar-refractivity contribution is 0.497. The molecule has 2 heterocycles. The molecule has 9 heteroatoms. The van der Waals surface area contributed by atoms with Crippen molar-refractivity contribution in [3.05, 3.63) is 69.3 Å². The summed E-state index contributed by atoms with van der Waals surface area (Å²) in [6.45, 7) is 3.08. The zero-order valence-electron chi connectivity index (χ0n) is 19.1. The number of benzene rings is 2. The third kappa shape index (κ3) is 4.16. The SMILES string of the molecule is CNc1ccc(-n2c(-c3ccc(C#N)c(F)c3)nc(N3CCC(N)CC3)c(C)c2=O)cc1C=N. The summed E-state index contributed by atoms with van der Waals surface area (Å²) in [5.41, 5.74) is 8.37. The van der Waals surface area contributed by atoms with Gasteiger partial charge in [0.15, 0.2) is 0 Å². The second-order valence-electron chi connectivity index (χ2n) is 8.32. The summed E-state index contributed by atoms with van der Waals surface area (Å²) in [5.74, 6) is 0.127. The number of halogens is 1. The van der Waals surface area contributed by atoms with Crippen LogP contribution in [0.2, 0.25) is 0 Å². The van der Waals surface area contributed by atoms with Crippen molar-refractivity contribution in [2.24, 2.45) is 5.73 Å². The molecule has 0 unspecified atom stereocenters. The summed E-state index contributed by atoms with van der Waals surface area (Å²) >= 11 is 0. The highest BCUT2D eigenvalue weighted by molar-refractivity contribution is 5.87. The lowest BCUT2D eigenvalue weighted by atomic mass is 10.1. The largest absolute Gasteiger partial charge is 0.388 e. The topological polar surface area (TPSA) is 124 Å². The zero-order chi connectivity index (χ0) is 24.4. The molecule has 0 amide bonds. The van der Waals surface area contributed by atoms with Crippen LogP contribution in [0.25, 0.3) is 17.1 Å². The van der Waals surface area contributed by atoms with Crippen molar-refractivity contribution in [2.75, 3.05) is 30.4 Å². The molecule has 0 spiro atoms. The van der Waals surface area contributed by atoms with Crippen LogP contribution in [0.5, 0.6) is 0 Å². The molecule has 8 nitrogen and oxygen atoms in total. The molecule has 4 N–H and O–H groups in total. The van der Waals surface area contributed by atoms with Crippen molar-refractivity contribution in [1.82, 2.24) is 9.55 Å². The van der Waals surface area contributed by atoms with Gasteiger partial charge >= 0.3 is 0 Å². The Hall–Kier alpha value is -4.03. The molecule has 1 aliphatic heterocycles. The molecular formula is C25H26FN7O. The Balaban J connectivity index is 1.98. The fourth-order valence-electron chi connectivity index (χ4n) is 4.23. The number of aromatic nitrogens is 2. The van der Waals surface area contributed by atoms with Crippen molar-refractivity contribution in [2.45, 2.75) is 25.8 Å². The third-order valence-corrected chi connectivity index (χ3v) is 6.19. The van der Waals surface area contributed by atoms with E-state index < -0.39 is 5.82 Å². The Morgan fingerprint density at radius 3 is 2.62 bits per heavy atom. The maximum Gasteiger partial charge on any atom is 0.263 e. The van der Waals surface area contributed by atoms with Gasteiger partial charge in [-0.15, -0.1) is 0 Å². The zero-order valence-corrected chi connectivity index (χ0v) is 19.1. The van der Waals surface area contributed by atoms with Crippen LogP contribution in [0.4, 0.5) is 15.9 Å². The van der Waals surface area contributed by atoms with E-state index in [1.807, 2.05) is 11.0 Å². The van der Waals surface area contributed by atoms with Crippen LogP contribution >= 0.6 is 0 Å². The molecule has 3 aromatic rings. The molecule has 2 aromatic carbocycles. The van der Waals surface area contributed by atoms with Crippen molar-refractivity contribution < 1.29 is 4.39 Å². The minimum atomic E-state index is -0.683. The first kappa shape index (κ1) is 23.1. The molecule has 4 rings (SSSR count). The van der Waals surface area contributed by atoms with E-state index in [9.17, 15) is 9.18 Å². The highest BCUT2D eigenvalue weighted by atomic mass is 19.1. The van der Waals surface area contributed by atoms with E-state index in [1.54, 1.807) is 38.2 Å². The summed E-state index contributed by atoms with van der Waals surface area (Å²) in [4.78, 5) is 20.6. The number of anilines is 2. The lowest BCUT2D eigenvalue weighted by Gasteiger charge is -2.32. The van der Waals surface area contributed by atoms with E-state index in [-0.39, 0.29) is 23.0 Å². The van der Waals surface area contributed by atoms with Gasteiger partial charge in [-0.3, -0.25) is 9.36 Å². The molecule has 174 valence electrons. The van der Waals surface area contributed by atoms with Gasteiger partial charge < -0.3 is 21.4 Å². The molecule has 0 aliphatic carbocycles. The van der Waals surface area contributed by atoms with Crippen molar-refractivity contribution in [3.63, 3.8) is 0 Å². The van der Waals surface area contributed by atoms with Crippen LogP contribution < -0.4 is 21.5 Å². The summed E-state index contributed by atoms with van der Waals surface area (Å²) < 4.78 is 16.0. The summed E-state index contributed by atoms with van der Waals surface area (Å²) in [5, 5.41) is 19.9. The number of nitrogens with two attached hydrogens (primary N) is 1. The first-order chi connectivity index (χ1) is 16.4. The fraction of sp³-hybridized carbons (Fsp3) is 0.280.